The Kier molecular flexibility index (Phi) is 6.37. The Hall–Kier alpha value is -3.57. The van der Waals surface area contributed by atoms with Crippen molar-refractivity contribution in [2.24, 2.45) is 0 Å². The van der Waals surface area contributed by atoms with Gasteiger partial charge in [-0.15, -0.1) is 0 Å². The third-order valence-electron chi connectivity index (χ3n) is 6.47. The molecule has 5 nitrogen and oxygen atoms in total. The van der Waals surface area contributed by atoms with E-state index in [1.54, 1.807) is 0 Å². The van der Waals surface area contributed by atoms with Gasteiger partial charge in [-0.3, -0.25) is 9.59 Å². The van der Waals surface area contributed by atoms with Gasteiger partial charge in [0, 0.05) is 60.8 Å². The van der Waals surface area contributed by atoms with Crippen LogP contribution in [0.1, 0.15) is 33.8 Å². The van der Waals surface area contributed by atoms with Crippen molar-refractivity contribution >= 4 is 34.3 Å². The van der Waals surface area contributed by atoms with Crippen LogP contribution < -0.4 is 5.32 Å². The molecule has 2 heterocycles. The van der Waals surface area contributed by atoms with E-state index in [4.69, 9.17) is 11.6 Å². The van der Waals surface area contributed by atoms with Crippen LogP contribution in [0.3, 0.4) is 0 Å². The summed E-state index contributed by atoms with van der Waals surface area (Å²) in [4.78, 5) is 27.5. The van der Waals surface area contributed by atoms with E-state index in [0.29, 0.717) is 37.6 Å². The van der Waals surface area contributed by atoms with Gasteiger partial charge in [-0.2, -0.15) is 0 Å². The Morgan fingerprint density at radius 2 is 1.79 bits per heavy atom. The highest BCUT2D eigenvalue weighted by Crippen LogP contribution is 2.26. The lowest BCUT2D eigenvalue weighted by Gasteiger charge is -2.24. The number of fused-ring (bicyclic) bond motifs is 2. The average Bonchev–Trinajstić information content (AvgIpc) is 3.41. The molecule has 172 valence electrons. The maximum Gasteiger partial charge on any atom is 0.254 e. The van der Waals surface area contributed by atoms with Crippen LogP contribution in [-0.4, -0.2) is 34.4 Å². The molecule has 0 unspecified atom stereocenters. The van der Waals surface area contributed by atoms with Gasteiger partial charge >= 0.3 is 0 Å². The molecule has 34 heavy (non-hydrogen) atoms. The van der Waals surface area contributed by atoms with Gasteiger partial charge in [-0.1, -0.05) is 66.2 Å². The number of hydrogen-bond acceptors (Lipinski definition) is 2. The number of amides is 2. The van der Waals surface area contributed by atoms with Crippen LogP contribution in [0.15, 0.2) is 85.1 Å². The zero-order valence-corrected chi connectivity index (χ0v) is 19.5. The number of nitrogens with zero attached hydrogens (tertiary/aromatic N) is 2. The number of nitrogens with one attached hydrogen (secondary N) is 1. The Morgan fingerprint density at radius 1 is 1.00 bits per heavy atom. The van der Waals surface area contributed by atoms with Gasteiger partial charge in [0.1, 0.15) is 0 Å². The van der Waals surface area contributed by atoms with Crippen LogP contribution in [0.2, 0.25) is 5.02 Å². The van der Waals surface area contributed by atoms with Gasteiger partial charge in [-0.25, -0.2) is 0 Å². The van der Waals surface area contributed by atoms with Crippen molar-refractivity contribution in [1.29, 1.82) is 0 Å². The number of aryl methyl sites for hydroxylation is 1. The average molecular weight is 472 g/mol. The second kappa shape index (κ2) is 9.74. The fourth-order valence-electron chi connectivity index (χ4n) is 4.64. The summed E-state index contributed by atoms with van der Waals surface area (Å²) < 4.78 is 2.05. The number of benzene rings is 3. The Balaban J connectivity index is 1.23. The standard InChI is InChI=1S/C28H26ClN3O2/c29-24-11-10-21-12-14-31(26(21)16-24)15-13-27(33)30-17-23(20-6-2-1-3-7-20)19-32-18-22-8-4-5-9-25(22)28(32)34/h1-12,14,16,23H,13,15,17-19H2,(H,30,33)/t23-/m0/s1. The lowest BCUT2D eigenvalue weighted by atomic mass is 9.98. The maximum absolute atomic E-state index is 12.9. The molecule has 4 aromatic rings. The molecule has 6 heteroatoms. The van der Waals surface area contributed by atoms with Gasteiger partial charge in [0.25, 0.3) is 5.91 Å². The van der Waals surface area contributed by atoms with Gasteiger partial charge in [0.05, 0.1) is 0 Å². The zero-order chi connectivity index (χ0) is 23.5. The zero-order valence-electron chi connectivity index (χ0n) is 18.8. The molecule has 0 fully saturated rings. The molecule has 0 aliphatic carbocycles. The fraction of sp³-hybridized carbons (Fsp3) is 0.214. The molecule has 0 bridgehead atoms. The molecular formula is C28H26ClN3O2. The molecule has 3 aromatic carbocycles. The third kappa shape index (κ3) is 4.70. The van der Waals surface area contributed by atoms with Crippen molar-refractivity contribution in [2.45, 2.75) is 25.4 Å². The minimum atomic E-state index is -0.0131. The third-order valence-corrected chi connectivity index (χ3v) is 6.70. The van der Waals surface area contributed by atoms with Crippen LogP contribution in [0.25, 0.3) is 10.9 Å². The van der Waals surface area contributed by atoms with E-state index >= 15 is 0 Å². The molecule has 1 aliphatic heterocycles. The van der Waals surface area contributed by atoms with Crippen molar-refractivity contribution in [1.82, 2.24) is 14.8 Å². The molecule has 0 spiro atoms. The van der Waals surface area contributed by atoms with Crippen molar-refractivity contribution < 1.29 is 9.59 Å². The summed E-state index contributed by atoms with van der Waals surface area (Å²) in [7, 11) is 0. The van der Waals surface area contributed by atoms with Crippen LogP contribution in [0, 0.1) is 0 Å². The molecule has 5 rings (SSSR count). The van der Waals surface area contributed by atoms with Crippen molar-refractivity contribution in [3.8, 4) is 0 Å². The number of carbonyl (C=O) groups is 2. The number of halogens is 1. The molecule has 1 aromatic heterocycles. The van der Waals surface area contributed by atoms with Gasteiger partial charge < -0.3 is 14.8 Å². The van der Waals surface area contributed by atoms with Gasteiger partial charge in [0.2, 0.25) is 5.91 Å². The highest BCUT2D eigenvalue weighted by molar-refractivity contribution is 6.31. The quantitative estimate of drug-likeness (QED) is 0.382. The van der Waals surface area contributed by atoms with Crippen LogP contribution in [-0.2, 0) is 17.9 Å². The topological polar surface area (TPSA) is 54.3 Å². The largest absolute Gasteiger partial charge is 0.355 e. The Morgan fingerprint density at radius 3 is 2.62 bits per heavy atom. The summed E-state index contributed by atoms with van der Waals surface area (Å²) in [6.07, 6.45) is 2.35. The van der Waals surface area contributed by atoms with E-state index in [9.17, 15) is 9.59 Å². The first-order valence-electron chi connectivity index (χ1n) is 11.5. The minimum Gasteiger partial charge on any atom is -0.355 e. The molecule has 2 amide bonds. The predicted octanol–water partition coefficient (Wildman–Crippen LogP) is 5.24. The minimum absolute atomic E-state index is 0.00891. The first kappa shape index (κ1) is 22.2. The van der Waals surface area contributed by atoms with E-state index in [0.717, 1.165) is 27.6 Å². The highest BCUT2D eigenvalue weighted by Gasteiger charge is 2.29. The van der Waals surface area contributed by atoms with Crippen molar-refractivity contribution in [3.63, 3.8) is 0 Å². The molecule has 1 aliphatic rings. The predicted molar refractivity (Wildman–Crippen MR) is 135 cm³/mol. The van der Waals surface area contributed by atoms with Crippen LogP contribution >= 0.6 is 11.6 Å². The second-order valence-electron chi connectivity index (χ2n) is 8.72. The van der Waals surface area contributed by atoms with E-state index in [-0.39, 0.29) is 17.7 Å². The smallest absolute Gasteiger partial charge is 0.254 e. The monoisotopic (exact) mass is 471 g/mol. The van der Waals surface area contributed by atoms with Gasteiger partial charge in [0.15, 0.2) is 0 Å². The Bertz CT molecular complexity index is 1330. The Labute approximate surface area is 203 Å². The lowest BCUT2D eigenvalue weighted by Crippen LogP contribution is -2.36. The summed E-state index contributed by atoms with van der Waals surface area (Å²) in [6.45, 7) is 2.21. The summed E-state index contributed by atoms with van der Waals surface area (Å²) in [5.74, 6) is 0.0523. The number of hydrogen-bond donors (Lipinski definition) is 1. The molecule has 0 saturated carbocycles. The number of rotatable bonds is 8. The number of aromatic nitrogens is 1. The second-order valence-corrected chi connectivity index (χ2v) is 9.15. The van der Waals surface area contributed by atoms with E-state index < -0.39 is 0 Å². The normalized spacial score (nSPS) is 13.8. The van der Waals surface area contributed by atoms with Gasteiger partial charge in [-0.05, 0) is 40.8 Å². The first-order chi connectivity index (χ1) is 16.6. The van der Waals surface area contributed by atoms with Crippen LogP contribution in [0.4, 0.5) is 0 Å². The first-order valence-corrected chi connectivity index (χ1v) is 11.9. The molecule has 0 saturated heterocycles. The SMILES string of the molecule is O=C(CCn1ccc2ccc(Cl)cc21)NC[C@@H](CN1Cc2ccccc2C1=O)c1ccccc1. The molecule has 1 N–H and O–H groups in total. The lowest BCUT2D eigenvalue weighted by molar-refractivity contribution is -0.121. The summed E-state index contributed by atoms with van der Waals surface area (Å²) >= 11 is 6.14. The molecule has 0 radical (unpaired) electrons. The van der Waals surface area contributed by atoms with E-state index in [1.165, 1.54) is 0 Å². The highest BCUT2D eigenvalue weighted by atomic mass is 35.5. The molecular weight excluding hydrogens is 446 g/mol. The van der Waals surface area contributed by atoms with Crippen LogP contribution in [0.5, 0.6) is 0 Å². The fourth-order valence-corrected chi connectivity index (χ4v) is 4.81. The summed E-state index contributed by atoms with van der Waals surface area (Å²) in [5.41, 5.74) is 3.96. The molecule has 1 atom stereocenters. The number of carbonyl (C=O) groups excluding carboxylic acids is 2. The maximum atomic E-state index is 12.9. The summed E-state index contributed by atoms with van der Waals surface area (Å²) in [5, 5.41) is 4.88. The van der Waals surface area contributed by atoms with Crippen molar-refractivity contribution in [2.75, 3.05) is 13.1 Å². The van der Waals surface area contributed by atoms with E-state index in [2.05, 4.69) is 22.0 Å². The summed E-state index contributed by atoms with van der Waals surface area (Å²) in [6, 6.07) is 25.6. The van der Waals surface area contributed by atoms with Crippen molar-refractivity contribution in [3.05, 3.63) is 107 Å². The van der Waals surface area contributed by atoms with E-state index in [1.807, 2.05) is 77.8 Å².